The number of hydrogen-bond acceptors (Lipinski definition) is 2. The molecule has 0 fully saturated rings. The molecule has 0 aromatic heterocycles. The lowest BCUT2D eigenvalue weighted by atomic mass is 10.2. The first-order valence-corrected chi connectivity index (χ1v) is 6.17. The average molecular weight is 286 g/mol. The van der Waals surface area contributed by atoms with Crippen LogP contribution in [0.5, 0.6) is 0 Å². The molecule has 1 amide bonds. The van der Waals surface area contributed by atoms with Crippen molar-refractivity contribution in [2.45, 2.75) is 26.4 Å². The summed E-state index contributed by atoms with van der Waals surface area (Å²) in [6, 6.07) is 7.68. The molecule has 16 heavy (non-hydrogen) atoms. The van der Waals surface area contributed by atoms with Crippen LogP contribution in [-0.2, 0) is 11.3 Å². The monoisotopic (exact) mass is 285 g/mol. The van der Waals surface area contributed by atoms with Gasteiger partial charge in [-0.2, -0.15) is 0 Å². The molecular formula is C12H16BrNO2. The number of alkyl carbamates (subject to hydrolysis) is 1. The van der Waals surface area contributed by atoms with Gasteiger partial charge in [0, 0.05) is 16.6 Å². The molecule has 3 nitrogen and oxygen atoms in total. The second-order valence-corrected chi connectivity index (χ2v) is 4.30. The van der Waals surface area contributed by atoms with Gasteiger partial charge < -0.3 is 10.1 Å². The molecule has 88 valence electrons. The fraction of sp³-hybridized carbons (Fsp3) is 0.417. The van der Waals surface area contributed by atoms with Gasteiger partial charge in [0.05, 0.1) is 0 Å². The Hall–Kier alpha value is -1.03. The lowest BCUT2D eigenvalue weighted by molar-refractivity contribution is 0.139. The molecule has 0 saturated carbocycles. The van der Waals surface area contributed by atoms with Crippen LogP contribution in [0.15, 0.2) is 28.7 Å². The first kappa shape index (κ1) is 13.0. The van der Waals surface area contributed by atoms with Gasteiger partial charge in [-0.1, -0.05) is 47.5 Å². The molecule has 0 aliphatic heterocycles. The van der Waals surface area contributed by atoms with Gasteiger partial charge in [-0.05, 0) is 12.5 Å². The summed E-state index contributed by atoms with van der Waals surface area (Å²) in [5.41, 5.74) is 0.966. The number of hydrogen-bond donors (Lipinski definition) is 1. The van der Waals surface area contributed by atoms with Crippen LogP contribution in [0.4, 0.5) is 4.79 Å². The van der Waals surface area contributed by atoms with Gasteiger partial charge in [0.25, 0.3) is 0 Å². The Bertz CT molecular complexity index is 342. The Morgan fingerprint density at radius 2 is 2.19 bits per heavy atom. The van der Waals surface area contributed by atoms with E-state index in [2.05, 4.69) is 28.2 Å². The number of carbonyl (C=O) groups is 1. The van der Waals surface area contributed by atoms with Crippen LogP contribution in [0.3, 0.4) is 0 Å². The maximum atomic E-state index is 11.3. The lowest BCUT2D eigenvalue weighted by Gasteiger charge is -2.07. The van der Waals surface area contributed by atoms with Crippen molar-refractivity contribution < 1.29 is 9.53 Å². The highest BCUT2D eigenvalue weighted by Crippen LogP contribution is 2.16. The third kappa shape index (κ3) is 4.66. The highest BCUT2D eigenvalue weighted by atomic mass is 79.9. The first-order chi connectivity index (χ1) is 7.74. The molecule has 0 saturated heterocycles. The Balaban J connectivity index is 2.29. The standard InChI is InChI=1S/C12H16BrNO2/c1-2-3-8-14-12(15)16-9-10-6-4-5-7-11(10)13/h4-7H,2-3,8-9H2,1H3,(H,14,15). The smallest absolute Gasteiger partial charge is 0.407 e. The predicted octanol–water partition coefficient (Wildman–Crippen LogP) is 3.48. The van der Waals surface area contributed by atoms with Crippen LogP contribution in [0, 0.1) is 0 Å². The fourth-order valence-corrected chi connectivity index (χ4v) is 1.58. The summed E-state index contributed by atoms with van der Waals surface area (Å²) in [7, 11) is 0. The van der Waals surface area contributed by atoms with Crippen molar-refractivity contribution in [3.63, 3.8) is 0 Å². The Kier molecular flexibility index (Phi) is 5.93. The van der Waals surface area contributed by atoms with E-state index in [0.717, 1.165) is 22.9 Å². The van der Waals surface area contributed by atoms with Gasteiger partial charge in [-0.25, -0.2) is 4.79 Å². The van der Waals surface area contributed by atoms with E-state index < -0.39 is 0 Å². The molecule has 0 heterocycles. The minimum atomic E-state index is -0.357. The Morgan fingerprint density at radius 3 is 2.88 bits per heavy atom. The van der Waals surface area contributed by atoms with E-state index >= 15 is 0 Å². The lowest BCUT2D eigenvalue weighted by Crippen LogP contribution is -2.25. The van der Waals surface area contributed by atoms with E-state index in [0.29, 0.717) is 13.2 Å². The highest BCUT2D eigenvalue weighted by molar-refractivity contribution is 9.10. The normalized spacial score (nSPS) is 9.88. The summed E-state index contributed by atoms with van der Waals surface area (Å²) in [5, 5.41) is 2.70. The van der Waals surface area contributed by atoms with Crippen LogP contribution in [0.25, 0.3) is 0 Å². The molecule has 0 spiro atoms. The fourth-order valence-electron chi connectivity index (χ4n) is 1.18. The zero-order chi connectivity index (χ0) is 11.8. The van der Waals surface area contributed by atoms with Crippen molar-refractivity contribution in [3.8, 4) is 0 Å². The highest BCUT2D eigenvalue weighted by Gasteiger charge is 2.03. The molecule has 1 aromatic rings. The summed E-state index contributed by atoms with van der Waals surface area (Å²) in [6.45, 7) is 3.04. The summed E-state index contributed by atoms with van der Waals surface area (Å²) in [4.78, 5) is 11.3. The van der Waals surface area contributed by atoms with Crippen molar-refractivity contribution >= 4 is 22.0 Å². The van der Waals surface area contributed by atoms with E-state index in [1.54, 1.807) is 0 Å². The third-order valence-electron chi connectivity index (χ3n) is 2.12. The van der Waals surface area contributed by atoms with Gasteiger partial charge in [-0.15, -0.1) is 0 Å². The van der Waals surface area contributed by atoms with Gasteiger partial charge in [-0.3, -0.25) is 0 Å². The third-order valence-corrected chi connectivity index (χ3v) is 2.89. The predicted molar refractivity (Wildman–Crippen MR) is 67.2 cm³/mol. The van der Waals surface area contributed by atoms with Gasteiger partial charge >= 0.3 is 6.09 Å². The molecular weight excluding hydrogens is 270 g/mol. The number of halogens is 1. The summed E-state index contributed by atoms with van der Waals surface area (Å²) in [6.07, 6.45) is 1.68. The number of unbranched alkanes of at least 4 members (excludes halogenated alkanes) is 1. The minimum Gasteiger partial charge on any atom is -0.445 e. The SMILES string of the molecule is CCCCNC(=O)OCc1ccccc1Br. The molecule has 0 bridgehead atoms. The molecule has 0 atom stereocenters. The van der Waals surface area contributed by atoms with Crippen molar-refractivity contribution in [1.82, 2.24) is 5.32 Å². The molecule has 4 heteroatoms. The second kappa shape index (κ2) is 7.28. The van der Waals surface area contributed by atoms with Crippen LogP contribution in [0.2, 0.25) is 0 Å². The molecule has 0 unspecified atom stereocenters. The Labute approximate surface area is 104 Å². The van der Waals surface area contributed by atoms with Crippen LogP contribution < -0.4 is 5.32 Å². The summed E-state index contributed by atoms with van der Waals surface area (Å²) in [5.74, 6) is 0. The molecule has 0 aliphatic carbocycles. The van der Waals surface area contributed by atoms with Crippen molar-refractivity contribution in [3.05, 3.63) is 34.3 Å². The zero-order valence-corrected chi connectivity index (χ0v) is 10.9. The molecule has 1 N–H and O–H groups in total. The number of nitrogens with one attached hydrogen (secondary N) is 1. The number of amides is 1. The maximum absolute atomic E-state index is 11.3. The maximum Gasteiger partial charge on any atom is 0.407 e. The molecule has 0 radical (unpaired) electrons. The first-order valence-electron chi connectivity index (χ1n) is 5.38. The van der Waals surface area contributed by atoms with Gasteiger partial charge in [0.1, 0.15) is 6.61 Å². The summed E-state index contributed by atoms with van der Waals surface area (Å²) < 4.78 is 6.03. The van der Waals surface area contributed by atoms with Gasteiger partial charge in [0.15, 0.2) is 0 Å². The van der Waals surface area contributed by atoms with Crippen molar-refractivity contribution in [2.24, 2.45) is 0 Å². The number of carbonyl (C=O) groups excluding carboxylic acids is 1. The van der Waals surface area contributed by atoms with Crippen LogP contribution >= 0.6 is 15.9 Å². The summed E-state index contributed by atoms with van der Waals surface area (Å²) >= 11 is 3.40. The molecule has 0 aliphatic rings. The largest absolute Gasteiger partial charge is 0.445 e. The second-order valence-electron chi connectivity index (χ2n) is 3.45. The minimum absolute atomic E-state index is 0.291. The number of rotatable bonds is 5. The van der Waals surface area contributed by atoms with Crippen molar-refractivity contribution in [1.29, 1.82) is 0 Å². The topological polar surface area (TPSA) is 38.3 Å². The van der Waals surface area contributed by atoms with E-state index in [-0.39, 0.29) is 6.09 Å². The van der Waals surface area contributed by atoms with Crippen LogP contribution in [0.1, 0.15) is 25.3 Å². The Morgan fingerprint density at radius 1 is 1.44 bits per heavy atom. The van der Waals surface area contributed by atoms with E-state index in [4.69, 9.17) is 4.74 Å². The van der Waals surface area contributed by atoms with E-state index in [1.807, 2.05) is 24.3 Å². The van der Waals surface area contributed by atoms with Gasteiger partial charge in [0.2, 0.25) is 0 Å². The van der Waals surface area contributed by atoms with Crippen molar-refractivity contribution in [2.75, 3.05) is 6.54 Å². The number of benzene rings is 1. The molecule has 1 rings (SSSR count). The molecule has 1 aromatic carbocycles. The zero-order valence-electron chi connectivity index (χ0n) is 9.33. The average Bonchev–Trinajstić information content (AvgIpc) is 2.28. The van der Waals surface area contributed by atoms with E-state index in [9.17, 15) is 4.79 Å². The quantitative estimate of drug-likeness (QED) is 0.842. The number of ether oxygens (including phenoxy) is 1. The van der Waals surface area contributed by atoms with Crippen LogP contribution in [-0.4, -0.2) is 12.6 Å². The van der Waals surface area contributed by atoms with E-state index in [1.165, 1.54) is 0 Å².